The zero-order valence-corrected chi connectivity index (χ0v) is 17.8. The molecule has 31 heavy (non-hydrogen) atoms. The molecule has 2 aromatic carbocycles. The maximum atomic E-state index is 12.4. The molecule has 1 N–H and O–H groups in total. The molecule has 3 rings (SSSR count). The second-order valence-electron chi connectivity index (χ2n) is 8.03. The first-order valence-electron chi connectivity index (χ1n) is 9.98. The maximum Gasteiger partial charge on any atom is 0.412 e. The molecule has 8 nitrogen and oxygen atoms in total. The van der Waals surface area contributed by atoms with Crippen LogP contribution in [0, 0.1) is 0 Å². The Balaban J connectivity index is 1.64. The van der Waals surface area contributed by atoms with Crippen molar-refractivity contribution in [1.82, 2.24) is 0 Å². The summed E-state index contributed by atoms with van der Waals surface area (Å²) in [5.74, 6) is -0.462. The summed E-state index contributed by atoms with van der Waals surface area (Å²) < 4.78 is 16.0. The predicted octanol–water partition coefficient (Wildman–Crippen LogP) is 3.54. The lowest BCUT2D eigenvalue weighted by atomic mass is 10.2. The van der Waals surface area contributed by atoms with Gasteiger partial charge in [-0.25, -0.2) is 4.79 Å². The number of ether oxygens (including phenoxy) is 3. The van der Waals surface area contributed by atoms with Crippen LogP contribution in [-0.4, -0.2) is 43.3 Å². The summed E-state index contributed by atoms with van der Waals surface area (Å²) in [5, 5.41) is 2.62. The highest BCUT2D eigenvalue weighted by atomic mass is 16.6. The molecule has 0 saturated heterocycles. The molecule has 0 unspecified atom stereocenters. The first kappa shape index (κ1) is 22.1. The Morgan fingerprint density at radius 1 is 1.13 bits per heavy atom. The third kappa shape index (κ3) is 6.47. The van der Waals surface area contributed by atoms with E-state index in [4.69, 9.17) is 14.2 Å². The van der Waals surface area contributed by atoms with Gasteiger partial charge < -0.3 is 14.2 Å². The molecule has 0 bridgehead atoms. The lowest BCUT2D eigenvalue weighted by molar-refractivity contribution is -0.143. The SMILES string of the molecule is CC(C)(C)OC(=O)Nc1ccc2c(c1)N(CC(=O)OCCc1ccccc1)C(=O)CO2. The quantitative estimate of drug-likeness (QED) is 0.710. The fraction of sp³-hybridized carbons (Fsp3) is 0.348. The van der Waals surface area contributed by atoms with Gasteiger partial charge in [-0.3, -0.25) is 19.8 Å². The van der Waals surface area contributed by atoms with Gasteiger partial charge in [-0.2, -0.15) is 0 Å². The summed E-state index contributed by atoms with van der Waals surface area (Å²) in [7, 11) is 0. The number of nitrogens with one attached hydrogen (secondary N) is 1. The fourth-order valence-electron chi connectivity index (χ4n) is 2.98. The number of carbonyl (C=O) groups excluding carboxylic acids is 3. The molecular weight excluding hydrogens is 400 g/mol. The standard InChI is InChI=1S/C23H26N2O6/c1-23(2,3)31-22(28)24-17-9-10-19-18(13-17)25(20(26)15-30-19)14-21(27)29-12-11-16-7-5-4-6-8-16/h4-10,13H,11-12,14-15H2,1-3H3,(H,24,28). The maximum absolute atomic E-state index is 12.4. The molecule has 1 aliphatic rings. The smallest absolute Gasteiger partial charge is 0.412 e. The summed E-state index contributed by atoms with van der Waals surface area (Å²) in [5.41, 5.74) is 1.20. The van der Waals surface area contributed by atoms with Gasteiger partial charge in [0.15, 0.2) is 6.61 Å². The molecule has 0 radical (unpaired) electrons. The van der Waals surface area contributed by atoms with Crippen molar-refractivity contribution in [2.45, 2.75) is 32.8 Å². The van der Waals surface area contributed by atoms with Crippen molar-refractivity contribution in [1.29, 1.82) is 0 Å². The zero-order chi connectivity index (χ0) is 22.4. The zero-order valence-electron chi connectivity index (χ0n) is 17.8. The number of benzene rings is 2. The molecule has 1 aliphatic heterocycles. The van der Waals surface area contributed by atoms with Gasteiger partial charge in [0.1, 0.15) is 17.9 Å². The van der Waals surface area contributed by atoms with E-state index in [-0.39, 0.29) is 25.7 Å². The Morgan fingerprint density at radius 2 is 1.87 bits per heavy atom. The lowest BCUT2D eigenvalue weighted by Crippen LogP contribution is -2.42. The van der Waals surface area contributed by atoms with E-state index in [2.05, 4.69) is 5.32 Å². The molecule has 0 fully saturated rings. The molecule has 2 aromatic rings. The Labute approximate surface area is 181 Å². The number of nitrogens with zero attached hydrogens (tertiary/aromatic N) is 1. The monoisotopic (exact) mass is 426 g/mol. The van der Waals surface area contributed by atoms with E-state index in [0.29, 0.717) is 23.5 Å². The Hall–Kier alpha value is -3.55. The Morgan fingerprint density at radius 3 is 2.58 bits per heavy atom. The average molecular weight is 426 g/mol. The van der Waals surface area contributed by atoms with Gasteiger partial charge in [-0.05, 0) is 44.5 Å². The summed E-state index contributed by atoms with van der Waals surface area (Å²) in [6.45, 7) is 5.07. The van der Waals surface area contributed by atoms with Crippen LogP contribution in [0.25, 0.3) is 0 Å². The molecule has 0 saturated carbocycles. The summed E-state index contributed by atoms with van der Waals surface area (Å²) in [6, 6.07) is 14.5. The Kier molecular flexibility index (Phi) is 6.79. The second-order valence-corrected chi connectivity index (χ2v) is 8.03. The third-order valence-electron chi connectivity index (χ3n) is 4.33. The lowest BCUT2D eigenvalue weighted by Gasteiger charge is -2.29. The van der Waals surface area contributed by atoms with Gasteiger partial charge >= 0.3 is 12.1 Å². The van der Waals surface area contributed by atoms with Crippen LogP contribution in [0.4, 0.5) is 16.2 Å². The number of amides is 2. The summed E-state index contributed by atoms with van der Waals surface area (Å²) in [6.07, 6.45) is -0.0353. The van der Waals surface area contributed by atoms with Crippen molar-refractivity contribution in [2.24, 2.45) is 0 Å². The van der Waals surface area contributed by atoms with Gasteiger partial charge in [0.2, 0.25) is 0 Å². The van der Waals surface area contributed by atoms with Crippen molar-refractivity contribution in [3.05, 3.63) is 54.1 Å². The Bertz CT molecular complexity index is 952. The normalized spacial score (nSPS) is 13.1. The van der Waals surface area contributed by atoms with Gasteiger partial charge in [0.25, 0.3) is 5.91 Å². The number of carbonyl (C=O) groups is 3. The van der Waals surface area contributed by atoms with Gasteiger partial charge in [-0.1, -0.05) is 30.3 Å². The molecular formula is C23H26N2O6. The van der Waals surface area contributed by atoms with Crippen LogP contribution < -0.4 is 15.0 Å². The van der Waals surface area contributed by atoms with Crippen LogP contribution in [0.5, 0.6) is 5.75 Å². The highest BCUT2D eigenvalue weighted by Gasteiger charge is 2.28. The van der Waals surface area contributed by atoms with Crippen LogP contribution in [-0.2, 0) is 25.5 Å². The van der Waals surface area contributed by atoms with Gasteiger partial charge in [-0.15, -0.1) is 0 Å². The van der Waals surface area contributed by atoms with Crippen LogP contribution in [0.1, 0.15) is 26.3 Å². The van der Waals surface area contributed by atoms with Crippen LogP contribution in [0.3, 0.4) is 0 Å². The van der Waals surface area contributed by atoms with Gasteiger partial charge in [0.05, 0.1) is 12.3 Å². The third-order valence-corrected chi connectivity index (χ3v) is 4.33. The summed E-state index contributed by atoms with van der Waals surface area (Å²) in [4.78, 5) is 38.1. The van der Waals surface area contributed by atoms with E-state index in [1.165, 1.54) is 4.90 Å². The van der Waals surface area contributed by atoms with Crippen molar-refractivity contribution in [3.8, 4) is 5.75 Å². The van der Waals surface area contributed by atoms with Crippen LogP contribution in [0.15, 0.2) is 48.5 Å². The van der Waals surface area contributed by atoms with E-state index >= 15 is 0 Å². The van der Waals surface area contributed by atoms with Crippen molar-refractivity contribution < 1.29 is 28.6 Å². The highest BCUT2D eigenvalue weighted by molar-refractivity contribution is 6.02. The van der Waals surface area contributed by atoms with Crippen molar-refractivity contribution in [3.63, 3.8) is 0 Å². The van der Waals surface area contributed by atoms with E-state index in [1.807, 2.05) is 30.3 Å². The van der Waals surface area contributed by atoms with E-state index in [1.54, 1.807) is 39.0 Å². The summed E-state index contributed by atoms with van der Waals surface area (Å²) >= 11 is 0. The molecule has 2 amide bonds. The second kappa shape index (κ2) is 9.51. The van der Waals surface area contributed by atoms with Crippen molar-refractivity contribution in [2.75, 3.05) is 30.0 Å². The van der Waals surface area contributed by atoms with Gasteiger partial charge in [0, 0.05) is 12.1 Å². The molecule has 8 heteroatoms. The number of hydrogen-bond acceptors (Lipinski definition) is 6. The number of hydrogen-bond donors (Lipinski definition) is 1. The van der Waals surface area contributed by atoms with E-state index in [0.717, 1.165) is 5.56 Å². The van der Waals surface area contributed by atoms with E-state index < -0.39 is 17.7 Å². The number of rotatable bonds is 6. The predicted molar refractivity (Wildman–Crippen MR) is 115 cm³/mol. The topological polar surface area (TPSA) is 94.2 Å². The van der Waals surface area contributed by atoms with Crippen LogP contribution in [0.2, 0.25) is 0 Å². The van der Waals surface area contributed by atoms with E-state index in [9.17, 15) is 14.4 Å². The van der Waals surface area contributed by atoms with Crippen LogP contribution >= 0.6 is 0 Å². The minimum absolute atomic E-state index is 0.177. The number of esters is 1. The molecule has 0 aromatic heterocycles. The average Bonchev–Trinajstić information content (AvgIpc) is 2.69. The first-order chi connectivity index (χ1) is 14.7. The first-order valence-corrected chi connectivity index (χ1v) is 9.98. The molecule has 0 atom stereocenters. The molecule has 1 heterocycles. The molecule has 0 aliphatic carbocycles. The minimum atomic E-state index is -0.646. The fourth-order valence-corrected chi connectivity index (χ4v) is 2.98. The van der Waals surface area contributed by atoms with Crippen molar-refractivity contribution >= 4 is 29.3 Å². The molecule has 164 valence electrons. The number of anilines is 2. The highest BCUT2D eigenvalue weighted by Crippen LogP contribution is 2.34. The number of fused-ring (bicyclic) bond motifs is 1. The largest absolute Gasteiger partial charge is 0.482 e. The molecule has 0 spiro atoms. The minimum Gasteiger partial charge on any atom is -0.482 e.